The van der Waals surface area contributed by atoms with Crippen LogP contribution in [0.3, 0.4) is 0 Å². The topological polar surface area (TPSA) is 16.1 Å². The van der Waals surface area contributed by atoms with Gasteiger partial charge in [-0.3, -0.25) is 4.98 Å². The molecule has 0 saturated carbocycles. The third-order valence-corrected chi connectivity index (χ3v) is 3.09. The molecule has 0 unspecified atom stereocenters. The van der Waals surface area contributed by atoms with Crippen LogP contribution in [0.4, 0.5) is 15.8 Å². The number of pyridine rings is 1. The molecule has 2 rings (SSSR count). The highest BCUT2D eigenvalue weighted by molar-refractivity contribution is 6.17. The second kappa shape index (κ2) is 5.36. The lowest BCUT2D eigenvalue weighted by Gasteiger charge is -2.22. The van der Waals surface area contributed by atoms with Crippen molar-refractivity contribution in [3.8, 4) is 0 Å². The Morgan fingerprint density at radius 1 is 1.33 bits per heavy atom. The molecule has 0 radical (unpaired) electrons. The number of halogens is 2. The van der Waals surface area contributed by atoms with E-state index < -0.39 is 0 Å². The van der Waals surface area contributed by atoms with Crippen molar-refractivity contribution in [3.05, 3.63) is 53.6 Å². The first-order chi connectivity index (χ1) is 8.61. The van der Waals surface area contributed by atoms with Crippen LogP contribution >= 0.6 is 11.6 Å². The minimum atomic E-state index is -0.252. The van der Waals surface area contributed by atoms with Crippen LogP contribution in [0.15, 0.2) is 36.5 Å². The quantitative estimate of drug-likeness (QED) is 0.778. The first kappa shape index (κ1) is 12.8. The predicted molar refractivity (Wildman–Crippen MR) is 73.0 cm³/mol. The van der Waals surface area contributed by atoms with Crippen LogP contribution in [-0.2, 0) is 5.88 Å². The molecule has 2 nitrogen and oxygen atoms in total. The van der Waals surface area contributed by atoms with E-state index in [0.29, 0.717) is 5.88 Å². The van der Waals surface area contributed by atoms with Crippen molar-refractivity contribution in [2.45, 2.75) is 12.8 Å². The van der Waals surface area contributed by atoms with Gasteiger partial charge in [0.25, 0.3) is 0 Å². The highest BCUT2D eigenvalue weighted by Crippen LogP contribution is 2.28. The Balaban J connectivity index is 2.44. The van der Waals surface area contributed by atoms with Gasteiger partial charge in [0.2, 0.25) is 0 Å². The van der Waals surface area contributed by atoms with E-state index in [1.165, 1.54) is 12.1 Å². The minimum Gasteiger partial charge on any atom is -0.344 e. The van der Waals surface area contributed by atoms with Crippen molar-refractivity contribution in [3.63, 3.8) is 0 Å². The fraction of sp³-hybridized carbons (Fsp3) is 0.214. The van der Waals surface area contributed by atoms with E-state index in [4.69, 9.17) is 11.6 Å². The Morgan fingerprint density at radius 3 is 2.78 bits per heavy atom. The maximum Gasteiger partial charge on any atom is 0.125 e. The largest absolute Gasteiger partial charge is 0.344 e. The molecule has 0 atom stereocenters. The molecule has 0 fully saturated rings. The first-order valence-corrected chi connectivity index (χ1v) is 6.16. The summed E-state index contributed by atoms with van der Waals surface area (Å²) in [7, 11) is 1.89. The lowest BCUT2D eigenvalue weighted by Crippen LogP contribution is -2.12. The zero-order chi connectivity index (χ0) is 13.1. The van der Waals surface area contributed by atoms with Crippen molar-refractivity contribution < 1.29 is 4.39 Å². The lowest BCUT2D eigenvalue weighted by molar-refractivity contribution is 0.628. The van der Waals surface area contributed by atoms with Crippen LogP contribution in [0.2, 0.25) is 0 Å². The van der Waals surface area contributed by atoms with Gasteiger partial charge in [-0.2, -0.15) is 0 Å². The smallest absolute Gasteiger partial charge is 0.125 e. The van der Waals surface area contributed by atoms with Gasteiger partial charge in [-0.1, -0.05) is 6.07 Å². The molecule has 1 heterocycles. The standard InChI is InChI=1S/C14H14ClFN2/c1-10-6-14(11(8-15)9-17-10)18(2)13-5-3-4-12(16)7-13/h3-7,9H,8H2,1-2H3. The van der Waals surface area contributed by atoms with Gasteiger partial charge in [-0.05, 0) is 31.2 Å². The molecule has 0 N–H and O–H groups in total. The number of alkyl halides is 1. The Hall–Kier alpha value is -1.61. The number of anilines is 2. The molecule has 0 saturated heterocycles. The van der Waals surface area contributed by atoms with Crippen molar-refractivity contribution in [1.82, 2.24) is 4.98 Å². The third kappa shape index (κ3) is 2.62. The Labute approximate surface area is 111 Å². The van der Waals surface area contributed by atoms with Crippen molar-refractivity contribution in [1.29, 1.82) is 0 Å². The van der Waals surface area contributed by atoms with E-state index in [1.54, 1.807) is 12.3 Å². The number of aryl methyl sites for hydroxylation is 1. The number of hydrogen-bond donors (Lipinski definition) is 0. The van der Waals surface area contributed by atoms with Crippen molar-refractivity contribution >= 4 is 23.0 Å². The zero-order valence-corrected chi connectivity index (χ0v) is 11.1. The molecule has 0 aliphatic heterocycles. The fourth-order valence-electron chi connectivity index (χ4n) is 1.81. The highest BCUT2D eigenvalue weighted by atomic mass is 35.5. The molecule has 1 aromatic carbocycles. The van der Waals surface area contributed by atoms with Gasteiger partial charge >= 0.3 is 0 Å². The van der Waals surface area contributed by atoms with Crippen LogP contribution < -0.4 is 4.90 Å². The van der Waals surface area contributed by atoms with Crippen molar-refractivity contribution in [2.75, 3.05) is 11.9 Å². The van der Waals surface area contributed by atoms with Gasteiger partial charge in [-0.15, -0.1) is 11.6 Å². The average molecular weight is 265 g/mol. The zero-order valence-electron chi connectivity index (χ0n) is 10.3. The molecule has 18 heavy (non-hydrogen) atoms. The Bertz CT molecular complexity index is 557. The first-order valence-electron chi connectivity index (χ1n) is 5.62. The van der Waals surface area contributed by atoms with Gasteiger partial charge in [-0.25, -0.2) is 4.39 Å². The van der Waals surface area contributed by atoms with Gasteiger partial charge < -0.3 is 4.90 Å². The number of aromatic nitrogens is 1. The van der Waals surface area contributed by atoms with E-state index in [9.17, 15) is 4.39 Å². The van der Waals surface area contributed by atoms with E-state index in [-0.39, 0.29) is 5.82 Å². The van der Waals surface area contributed by atoms with Crippen molar-refractivity contribution in [2.24, 2.45) is 0 Å². The SMILES string of the molecule is Cc1cc(N(C)c2cccc(F)c2)c(CCl)cn1. The molecule has 0 aliphatic rings. The summed E-state index contributed by atoms with van der Waals surface area (Å²) in [6, 6.07) is 8.42. The number of benzene rings is 1. The van der Waals surface area contributed by atoms with Gasteiger partial charge in [0, 0.05) is 35.9 Å². The second-order valence-electron chi connectivity index (χ2n) is 4.13. The predicted octanol–water partition coefficient (Wildman–Crippen LogP) is 4.04. The van der Waals surface area contributed by atoms with Crippen LogP contribution in [0.25, 0.3) is 0 Å². The van der Waals surface area contributed by atoms with Crippen LogP contribution in [0, 0.1) is 12.7 Å². The summed E-state index contributed by atoms with van der Waals surface area (Å²) in [5.41, 5.74) is 3.56. The second-order valence-corrected chi connectivity index (χ2v) is 4.39. The summed E-state index contributed by atoms with van der Waals surface area (Å²) in [4.78, 5) is 6.13. The molecule has 0 aliphatic carbocycles. The molecule has 1 aromatic heterocycles. The minimum absolute atomic E-state index is 0.252. The summed E-state index contributed by atoms with van der Waals surface area (Å²) < 4.78 is 13.2. The van der Waals surface area contributed by atoms with Crippen LogP contribution in [0.1, 0.15) is 11.3 Å². The molecular weight excluding hydrogens is 251 g/mol. The Morgan fingerprint density at radius 2 is 2.11 bits per heavy atom. The van der Waals surface area contributed by atoms with Gasteiger partial charge in [0.15, 0.2) is 0 Å². The summed E-state index contributed by atoms with van der Waals surface area (Å²) in [5.74, 6) is 0.125. The summed E-state index contributed by atoms with van der Waals surface area (Å²) in [5, 5.41) is 0. The number of hydrogen-bond acceptors (Lipinski definition) is 2. The molecule has 0 spiro atoms. The lowest BCUT2D eigenvalue weighted by atomic mass is 10.2. The van der Waals surface area contributed by atoms with E-state index >= 15 is 0 Å². The van der Waals surface area contributed by atoms with Crippen LogP contribution in [-0.4, -0.2) is 12.0 Å². The van der Waals surface area contributed by atoms with E-state index in [1.807, 2.05) is 31.0 Å². The van der Waals surface area contributed by atoms with Gasteiger partial charge in [0.05, 0.1) is 5.88 Å². The maximum absolute atomic E-state index is 13.2. The number of nitrogens with zero attached hydrogens (tertiary/aromatic N) is 2. The Kier molecular flexibility index (Phi) is 3.82. The number of rotatable bonds is 3. The molecular formula is C14H14ClFN2. The molecule has 0 bridgehead atoms. The van der Waals surface area contributed by atoms with Crippen LogP contribution in [0.5, 0.6) is 0 Å². The maximum atomic E-state index is 13.2. The van der Waals surface area contributed by atoms with Gasteiger partial charge in [0.1, 0.15) is 5.82 Å². The highest BCUT2D eigenvalue weighted by Gasteiger charge is 2.10. The summed E-state index contributed by atoms with van der Waals surface area (Å²) >= 11 is 5.91. The summed E-state index contributed by atoms with van der Waals surface area (Å²) in [6.07, 6.45) is 1.76. The molecule has 4 heteroatoms. The third-order valence-electron chi connectivity index (χ3n) is 2.80. The average Bonchev–Trinajstić information content (AvgIpc) is 2.38. The molecule has 0 amide bonds. The molecule has 2 aromatic rings. The molecule has 94 valence electrons. The normalized spacial score (nSPS) is 10.4. The summed E-state index contributed by atoms with van der Waals surface area (Å²) in [6.45, 7) is 1.92. The monoisotopic (exact) mass is 264 g/mol. The van der Waals surface area contributed by atoms with E-state index in [0.717, 1.165) is 22.6 Å². The van der Waals surface area contributed by atoms with E-state index in [2.05, 4.69) is 4.98 Å². The fourth-order valence-corrected chi connectivity index (χ4v) is 2.02.